The number of hydrogen-bond acceptors (Lipinski definition) is 4. The molecule has 1 aromatic carbocycles. The van der Waals surface area contributed by atoms with Crippen LogP contribution in [0.1, 0.15) is 53.0 Å². The molecule has 5 nitrogen and oxygen atoms in total. The fourth-order valence-corrected chi connectivity index (χ4v) is 2.49. The molecule has 0 amide bonds. The number of rotatable bonds is 5. The van der Waals surface area contributed by atoms with Crippen molar-refractivity contribution in [2.45, 2.75) is 39.2 Å². The molecule has 0 N–H and O–H groups in total. The van der Waals surface area contributed by atoms with Crippen LogP contribution in [0.5, 0.6) is 0 Å². The quantitative estimate of drug-likeness (QED) is 0.793. The Kier molecular flexibility index (Phi) is 3.73. The molecule has 1 fully saturated rings. The van der Waals surface area contributed by atoms with E-state index >= 15 is 0 Å². The van der Waals surface area contributed by atoms with Crippen LogP contribution in [0.2, 0.25) is 0 Å². The minimum Gasteiger partial charge on any atom is -0.461 e. The minimum atomic E-state index is -0.365. The average molecular weight is 285 g/mol. The van der Waals surface area contributed by atoms with Crippen LogP contribution < -0.4 is 0 Å². The molecule has 110 valence electrons. The van der Waals surface area contributed by atoms with Crippen molar-refractivity contribution in [2.24, 2.45) is 0 Å². The van der Waals surface area contributed by atoms with Crippen LogP contribution in [0.15, 0.2) is 24.3 Å². The molecule has 1 heterocycles. The Balaban J connectivity index is 1.92. The van der Waals surface area contributed by atoms with Crippen molar-refractivity contribution in [1.29, 1.82) is 0 Å². The Morgan fingerprint density at radius 1 is 1.38 bits per heavy atom. The first-order valence-electron chi connectivity index (χ1n) is 7.35. The summed E-state index contributed by atoms with van der Waals surface area (Å²) >= 11 is 0. The van der Waals surface area contributed by atoms with Gasteiger partial charge in [0.25, 0.3) is 0 Å². The van der Waals surface area contributed by atoms with Crippen LogP contribution >= 0.6 is 0 Å². The molecule has 0 saturated heterocycles. The van der Waals surface area contributed by atoms with Gasteiger partial charge in [-0.05, 0) is 37.8 Å². The second-order valence-corrected chi connectivity index (χ2v) is 5.40. The van der Waals surface area contributed by atoms with Gasteiger partial charge in [0.05, 0.1) is 18.8 Å². The molecular weight excluding hydrogens is 266 g/mol. The highest BCUT2D eigenvalue weighted by Crippen LogP contribution is 2.41. The molecule has 0 unspecified atom stereocenters. The summed E-state index contributed by atoms with van der Waals surface area (Å²) in [6, 6.07) is 8.20. The van der Waals surface area contributed by atoms with Crippen molar-refractivity contribution < 1.29 is 9.53 Å². The maximum Gasteiger partial charge on any atom is 0.360 e. The number of carbonyl (C=O) groups is 1. The van der Waals surface area contributed by atoms with E-state index < -0.39 is 0 Å². The van der Waals surface area contributed by atoms with E-state index in [-0.39, 0.29) is 5.97 Å². The fourth-order valence-electron chi connectivity index (χ4n) is 2.49. The number of carbonyl (C=O) groups excluding carboxylic acids is 1. The number of aromatic nitrogens is 3. The average Bonchev–Trinajstić information content (AvgIpc) is 3.22. The maximum atomic E-state index is 12.0. The third kappa shape index (κ3) is 2.82. The SMILES string of the molecule is CCOC(=O)c1nnn(Cc2ccccc2C)c1C1CC1. The zero-order valence-electron chi connectivity index (χ0n) is 12.4. The monoisotopic (exact) mass is 285 g/mol. The zero-order valence-corrected chi connectivity index (χ0v) is 12.4. The highest BCUT2D eigenvalue weighted by Gasteiger charge is 2.34. The normalized spacial score (nSPS) is 14.2. The van der Waals surface area contributed by atoms with Crippen LogP contribution in [0, 0.1) is 6.92 Å². The van der Waals surface area contributed by atoms with Gasteiger partial charge in [-0.15, -0.1) is 5.10 Å². The van der Waals surface area contributed by atoms with Crippen molar-refractivity contribution in [2.75, 3.05) is 6.61 Å². The largest absolute Gasteiger partial charge is 0.461 e. The lowest BCUT2D eigenvalue weighted by molar-refractivity contribution is 0.0518. The van der Waals surface area contributed by atoms with Crippen molar-refractivity contribution >= 4 is 5.97 Å². The van der Waals surface area contributed by atoms with Gasteiger partial charge in [-0.1, -0.05) is 29.5 Å². The summed E-state index contributed by atoms with van der Waals surface area (Å²) in [4.78, 5) is 12.0. The summed E-state index contributed by atoms with van der Waals surface area (Å²) in [7, 11) is 0. The highest BCUT2D eigenvalue weighted by atomic mass is 16.5. The lowest BCUT2D eigenvalue weighted by Crippen LogP contribution is -2.11. The predicted octanol–water partition coefficient (Wildman–Crippen LogP) is 2.69. The smallest absolute Gasteiger partial charge is 0.360 e. The summed E-state index contributed by atoms with van der Waals surface area (Å²) in [5.74, 6) is 0.0267. The number of esters is 1. The van der Waals surface area contributed by atoms with Gasteiger partial charge < -0.3 is 4.74 Å². The van der Waals surface area contributed by atoms with E-state index in [2.05, 4.69) is 29.4 Å². The number of aryl methyl sites for hydroxylation is 1. The third-order valence-corrected chi connectivity index (χ3v) is 3.79. The summed E-state index contributed by atoms with van der Waals surface area (Å²) in [6.45, 7) is 4.88. The topological polar surface area (TPSA) is 57.0 Å². The molecule has 0 radical (unpaired) electrons. The first-order chi connectivity index (χ1) is 10.2. The predicted molar refractivity (Wildman–Crippen MR) is 78.2 cm³/mol. The Hall–Kier alpha value is -2.17. The van der Waals surface area contributed by atoms with Gasteiger partial charge in [-0.2, -0.15) is 0 Å². The zero-order chi connectivity index (χ0) is 14.8. The summed E-state index contributed by atoms with van der Waals surface area (Å²) < 4.78 is 6.93. The van der Waals surface area contributed by atoms with Crippen molar-refractivity contribution in [3.63, 3.8) is 0 Å². The Morgan fingerprint density at radius 2 is 2.14 bits per heavy atom. The lowest BCUT2D eigenvalue weighted by atomic mass is 10.1. The van der Waals surface area contributed by atoms with Gasteiger partial charge in [-0.25, -0.2) is 9.48 Å². The second-order valence-electron chi connectivity index (χ2n) is 5.40. The molecule has 1 saturated carbocycles. The van der Waals surface area contributed by atoms with Gasteiger partial charge in [-0.3, -0.25) is 0 Å². The summed E-state index contributed by atoms with van der Waals surface area (Å²) in [5.41, 5.74) is 3.72. The van der Waals surface area contributed by atoms with Crippen LogP contribution in [0.4, 0.5) is 0 Å². The van der Waals surface area contributed by atoms with Gasteiger partial charge in [0.1, 0.15) is 0 Å². The lowest BCUT2D eigenvalue weighted by Gasteiger charge is -2.09. The van der Waals surface area contributed by atoms with Crippen LogP contribution in [0.3, 0.4) is 0 Å². The Morgan fingerprint density at radius 3 is 2.81 bits per heavy atom. The molecule has 2 aromatic rings. The van der Waals surface area contributed by atoms with E-state index in [1.165, 1.54) is 11.1 Å². The summed E-state index contributed by atoms with van der Waals surface area (Å²) in [6.07, 6.45) is 2.18. The van der Waals surface area contributed by atoms with Crippen LogP contribution in [0.25, 0.3) is 0 Å². The first-order valence-corrected chi connectivity index (χ1v) is 7.35. The van der Waals surface area contributed by atoms with Crippen LogP contribution in [-0.4, -0.2) is 27.6 Å². The van der Waals surface area contributed by atoms with E-state index in [0.29, 0.717) is 24.8 Å². The molecule has 0 bridgehead atoms. The third-order valence-electron chi connectivity index (χ3n) is 3.79. The molecular formula is C16H19N3O2. The molecule has 21 heavy (non-hydrogen) atoms. The second kappa shape index (κ2) is 5.68. The Labute approximate surface area is 123 Å². The highest BCUT2D eigenvalue weighted by molar-refractivity contribution is 5.88. The van der Waals surface area contributed by atoms with Crippen molar-refractivity contribution in [1.82, 2.24) is 15.0 Å². The molecule has 5 heteroatoms. The number of hydrogen-bond donors (Lipinski definition) is 0. The first kappa shape index (κ1) is 13.8. The fraction of sp³-hybridized carbons (Fsp3) is 0.438. The van der Waals surface area contributed by atoms with Crippen molar-refractivity contribution in [3.05, 3.63) is 46.8 Å². The maximum absolute atomic E-state index is 12.0. The molecule has 3 rings (SSSR count). The van der Waals surface area contributed by atoms with Crippen molar-refractivity contribution in [3.8, 4) is 0 Å². The number of ether oxygens (including phenoxy) is 1. The molecule has 0 atom stereocenters. The van der Waals surface area contributed by atoms with Gasteiger partial charge in [0.2, 0.25) is 0 Å². The van der Waals surface area contributed by atoms with E-state index in [1.54, 1.807) is 6.92 Å². The molecule has 1 aliphatic carbocycles. The van der Waals surface area contributed by atoms with Gasteiger partial charge in [0.15, 0.2) is 5.69 Å². The standard InChI is InChI=1S/C16H19N3O2/c1-3-21-16(20)14-15(12-8-9-12)19(18-17-14)10-13-7-5-4-6-11(13)2/h4-7,12H,3,8-10H2,1-2H3. The van der Waals surface area contributed by atoms with Gasteiger partial charge >= 0.3 is 5.97 Å². The summed E-state index contributed by atoms with van der Waals surface area (Å²) in [5, 5.41) is 8.24. The molecule has 1 aliphatic rings. The number of benzene rings is 1. The molecule has 0 aliphatic heterocycles. The van der Waals surface area contributed by atoms with E-state index in [4.69, 9.17) is 4.74 Å². The van der Waals surface area contributed by atoms with E-state index in [0.717, 1.165) is 18.5 Å². The van der Waals surface area contributed by atoms with Gasteiger partial charge in [0, 0.05) is 5.92 Å². The molecule has 1 aromatic heterocycles. The minimum absolute atomic E-state index is 0.355. The molecule has 0 spiro atoms. The number of nitrogens with zero attached hydrogens (tertiary/aromatic N) is 3. The van der Waals surface area contributed by atoms with E-state index in [9.17, 15) is 4.79 Å². The van der Waals surface area contributed by atoms with Crippen LogP contribution in [-0.2, 0) is 11.3 Å². The van der Waals surface area contributed by atoms with E-state index in [1.807, 2.05) is 16.8 Å². The Bertz CT molecular complexity index is 659.